The quantitative estimate of drug-likeness (QED) is 0.256. The zero-order valence-electron chi connectivity index (χ0n) is 6.93. The van der Waals surface area contributed by atoms with Crippen molar-refractivity contribution in [2.24, 2.45) is 0 Å². The number of hydrogen-bond donors (Lipinski definition) is 3. The fourth-order valence-corrected chi connectivity index (χ4v) is 1.96. The Morgan fingerprint density at radius 1 is 1.46 bits per heavy atom. The molecule has 0 saturated carbocycles. The molecule has 0 aromatic heterocycles. The van der Waals surface area contributed by atoms with Gasteiger partial charge in [0.15, 0.2) is 0 Å². The van der Waals surface area contributed by atoms with Crippen molar-refractivity contribution in [3.8, 4) is 0 Å². The van der Waals surface area contributed by atoms with Crippen LogP contribution in [-0.2, 0) is 4.74 Å². The SMILES string of the molecule is OC([OH2+])C[C@H]1O[C@@H](I)C(O)CC1O. The highest BCUT2D eigenvalue weighted by Crippen LogP contribution is 2.26. The van der Waals surface area contributed by atoms with Gasteiger partial charge in [-0.25, -0.2) is 0 Å². The Bertz CT molecular complexity index is 165. The Kier molecular flexibility index (Phi) is 4.33. The molecule has 0 aromatic rings. The van der Waals surface area contributed by atoms with Gasteiger partial charge < -0.3 is 25.2 Å². The van der Waals surface area contributed by atoms with E-state index in [1.165, 1.54) is 0 Å². The van der Waals surface area contributed by atoms with Gasteiger partial charge in [-0.05, 0) is 22.6 Å². The van der Waals surface area contributed by atoms with Crippen molar-refractivity contribution in [1.29, 1.82) is 0 Å². The van der Waals surface area contributed by atoms with Crippen LogP contribution in [0, 0.1) is 0 Å². The van der Waals surface area contributed by atoms with Crippen molar-refractivity contribution in [1.82, 2.24) is 0 Å². The van der Waals surface area contributed by atoms with Crippen molar-refractivity contribution < 1.29 is 25.2 Å². The lowest BCUT2D eigenvalue weighted by Gasteiger charge is -2.34. The molecular formula is C7H14IO5+. The van der Waals surface area contributed by atoms with E-state index >= 15 is 0 Å². The lowest BCUT2D eigenvalue weighted by molar-refractivity contribution is -0.162. The lowest BCUT2D eigenvalue weighted by atomic mass is 10.0. The van der Waals surface area contributed by atoms with Crippen LogP contribution in [0.25, 0.3) is 0 Å². The van der Waals surface area contributed by atoms with Gasteiger partial charge in [-0.15, -0.1) is 0 Å². The van der Waals surface area contributed by atoms with E-state index in [-0.39, 0.29) is 17.0 Å². The molecule has 1 saturated heterocycles. The number of ether oxygens (including phenoxy) is 1. The minimum atomic E-state index is -1.24. The summed E-state index contributed by atoms with van der Waals surface area (Å²) in [5.41, 5.74) is 0. The van der Waals surface area contributed by atoms with Crippen LogP contribution >= 0.6 is 22.6 Å². The molecule has 78 valence electrons. The number of aliphatic hydroxyl groups is 3. The van der Waals surface area contributed by atoms with Gasteiger partial charge in [0.2, 0.25) is 0 Å². The molecule has 1 aliphatic heterocycles. The number of halogens is 1. The van der Waals surface area contributed by atoms with Crippen molar-refractivity contribution in [2.45, 2.75) is 41.6 Å². The van der Waals surface area contributed by atoms with Gasteiger partial charge in [0.1, 0.15) is 4.11 Å². The summed E-state index contributed by atoms with van der Waals surface area (Å²) in [6.07, 6.45) is -2.93. The van der Waals surface area contributed by atoms with E-state index in [0.717, 1.165) is 0 Å². The highest BCUT2D eigenvalue weighted by atomic mass is 127. The maximum absolute atomic E-state index is 9.42. The van der Waals surface area contributed by atoms with E-state index in [4.69, 9.17) is 14.9 Å². The molecule has 1 rings (SSSR count). The number of rotatable bonds is 2. The van der Waals surface area contributed by atoms with Gasteiger partial charge in [-0.2, -0.15) is 0 Å². The normalized spacial score (nSPS) is 43.2. The van der Waals surface area contributed by atoms with Crippen LogP contribution in [0.15, 0.2) is 0 Å². The molecular weight excluding hydrogens is 291 g/mol. The van der Waals surface area contributed by atoms with Crippen molar-refractivity contribution in [3.63, 3.8) is 0 Å². The largest absolute Gasteiger partial charge is 0.422 e. The molecule has 3 unspecified atom stereocenters. The Balaban J connectivity index is 2.46. The van der Waals surface area contributed by atoms with E-state index in [0.29, 0.717) is 0 Å². The third-order valence-electron chi connectivity index (χ3n) is 1.98. The molecule has 1 aliphatic rings. The Morgan fingerprint density at radius 2 is 2.08 bits per heavy atom. The summed E-state index contributed by atoms with van der Waals surface area (Å²) in [6, 6.07) is 0. The minimum absolute atomic E-state index is 0.0768. The van der Waals surface area contributed by atoms with E-state index in [1.54, 1.807) is 0 Å². The number of alkyl halides is 1. The van der Waals surface area contributed by atoms with E-state index in [9.17, 15) is 10.2 Å². The van der Waals surface area contributed by atoms with Gasteiger partial charge in [0, 0.05) is 6.42 Å². The van der Waals surface area contributed by atoms with Crippen molar-refractivity contribution >= 4 is 22.6 Å². The maximum atomic E-state index is 9.42. The third kappa shape index (κ3) is 3.30. The Hall–Kier alpha value is 0.530. The molecule has 6 heteroatoms. The molecule has 0 aromatic carbocycles. The second-order valence-electron chi connectivity index (χ2n) is 3.15. The van der Waals surface area contributed by atoms with Gasteiger partial charge in [-0.3, -0.25) is 0 Å². The number of hydrogen-bond acceptors (Lipinski definition) is 4. The van der Waals surface area contributed by atoms with E-state index in [1.807, 2.05) is 22.6 Å². The Morgan fingerprint density at radius 3 is 2.62 bits per heavy atom. The van der Waals surface area contributed by atoms with Crippen LogP contribution in [0.2, 0.25) is 0 Å². The van der Waals surface area contributed by atoms with Crippen molar-refractivity contribution in [3.05, 3.63) is 0 Å². The fourth-order valence-electron chi connectivity index (χ4n) is 1.29. The summed E-state index contributed by atoms with van der Waals surface area (Å²) in [6.45, 7) is 0. The third-order valence-corrected chi connectivity index (χ3v) is 3.10. The topological polar surface area (TPSA) is 92.8 Å². The van der Waals surface area contributed by atoms with Crippen LogP contribution in [0.1, 0.15) is 12.8 Å². The molecule has 1 heterocycles. The highest BCUT2D eigenvalue weighted by Gasteiger charge is 2.36. The summed E-state index contributed by atoms with van der Waals surface area (Å²) in [7, 11) is 0. The average Bonchev–Trinajstić information content (AvgIpc) is 1.99. The minimum Gasteiger partial charge on any atom is -0.422 e. The monoisotopic (exact) mass is 305 g/mol. The zero-order valence-corrected chi connectivity index (χ0v) is 9.09. The molecule has 5 N–H and O–H groups in total. The maximum Gasteiger partial charge on any atom is 0.263 e. The molecule has 5 atom stereocenters. The van der Waals surface area contributed by atoms with Crippen LogP contribution < -0.4 is 0 Å². The molecule has 0 bridgehead atoms. The predicted octanol–water partition coefficient (Wildman–Crippen LogP) is -1.31. The van der Waals surface area contributed by atoms with Crippen LogP contribution in [-0.4, -0.2) is 49.1 Å². The molecule has 0 amide bonds. The van der Waals surface area contributed by atoms with E-state index < -0.39 is 24.6 Å². The summed E-state index contributed by atoms with van der Waals surface area (Å²) in [5.74, 6) is 0. The molecule has 13 heavy (non-hydrogen) atoms. The Labute approximate surface area is 89.5 Å². The molecule has 5 nitrogen and oxygen atoms in total. The van der Waals surface area contributed by atoms with Gasteiger partial charge in [0.05, 0.1) is 24.7 Å². The van der Waals surface area contributed by atoms with Crippen LogP contribution in [0.5, 0.6) is 0 Å². The zero-order chi connectivity index (χ0) is 10.0. The lowest BCUT2D eigenvalue weighted by Crippen LogP contribution is -2.45. The standard InChI is InChI=1S/C7H13IO5/c8-7-4(10)1-3(9)5(13-7)2-6(11)12/h3-7,9-12H,1-2H2/p+1/t3?,4?,5-,7-/m1/s1. The van der Waals surface area contributed by atoms with Gasteiger partial charge in [0.25, 0.3) is 6.29 Å². The summed E-state index contributed by atoms with van der Waals surface area (Å²) < 4.78 is 4.86. The predicted molar refractivity (Wildman–Crippen MR) is 53.5 cm³/mol. The average molecular weight is 305 g/mol. The molecule has 0 spiro atoms. The highest BCUT2D eigenvalue weighted by molar-refractivity contribution is 14.1. The second kappa shape index (κ2) is 4.85. The molecule has 0 aliphatic carbocycles. The molecule has 1 fully saturated rings. The van der Waals surface area contributed by atoms with E-state index in [2.05, 4.69) is 0 Å². The first-order chi connectivity index (χ1) is 6.00. The van der Waals surface area contributed by atoms with Gasteiger partial charge >= 0.3 is 0 Å². The fraction of sp³-hybridized carbons (Fsp3) is 1.00. The van der Waals surface area contributed by atoms with Gasteiger partial charge in [-0.1, -0.05) is 0 Å². The smallest absolute Gasteiger partial charge is 0.263 e. The van der Waals surface area contributed by atoms with Crippen LogP contribution in [0.4, 0.5) is 0 Å². The second-order valence-corrected chi connectivity index (χ2v) is 4.38. The summed E-state index contributed by atoms with van der Waals surface area (Å²) in [4.78, 5) is 0. The number of aliphatic hydroxyl groups excluding tert-OH is 3. The summed E-state index contributed by atoms with van der Waals surface area (Å²) in [5, 5.41) is 34.4. The first-order valence-electron chi connectivity index (χ1n) is 4.05. The first-order valence-corrected chi connectivity index (χ1v) is 5.30. The molecule has 0 radical (unpaired) electrons. The first kappa shape index (κ1) is 11.6. The summed E-state index contributed by atoms with van der Waals surface area (Å²) >= 11 is 1.93. The van der Waals surface area contributed by atoms with Crippen molar-refractivity contribution in [2.75, 3.05) is 0 Å². The van der Waals surface area contributed by atoms with Crippen LogP contribution in [0.3, 0.4) is 0 Å².